The number of rotatable bonds is 8. The van der Waals surface area contributed by atoms with E-state index in [9.17, 15) is 4.79 Å². The van der Waals surface area contributed by atoms with Gasteiger partial charge in [0.2, 0.25) is 0 Å². The molecule has 1 N–H and O–H groups in total. The lowest BCUT2D eigenvalue weighted by Crippen LogP contribution is -2.27. The summed E-state index contributed by atoms with van der Waals surface area (Å²) in [7, 11) is 0. The second-order valence-electron chi connectivity index (χ2n) is 7.36. The van der Waals surface area contributed by atoms with Crippen molar-refractivity contribution in [1.29, 1.82) is 0 Å². The molecule has 0 unspecified atom stereocenters. The Morgan fingerprint density at radius 1 is 1.11 bits per heavy atom. The average Bonchev–Trinajstić information content (AvgIpc) is 2.94. The lowest BCUT2D eigenvalue weighted by Gasteiger charge is -2.10. The molecule has 0 bridgehead atoms. The smallest absolute Gasteiger partial charge is 0.330 e. The molecule has 0 saturated heterocycles. The monoisotopic (exact) mass is 378 g/mol. The van der Waals surface area contributed by atoms with Crippen LogP contribution in [0.3, 0.4) is 0 Å². The zero-order valence-electron chi connectivity index (χ0n) is 17.4. The van der Waals surface area contributed by atoms with E-state index in [4.69, 9.17) is 0 Å². The standard InChI is InChI=1S/C23H30N4O/c1-6-8-11-24-18(5)15-27-22-21(26(7-2)23(27)28)13-20(14-25-22)19-10-9-16(3)17(4)12-19/h9-10,12-14,24H,5-8,11,15H2,1-4H3. The van der Waals surface area contributed by atoms with Crippen LogP contribution in [0.2, 0.25) is 0 Å². The molecule has 0 fully saturated rings. The van der Waals surface area contributed by atoms with Crippen molar-refractivity contribution in [3.8, 4) is 11.1 Å². The van der Waals surface area contributed by atoms with E-state index in [1.54, 1.807) is 9.13 Å². The molecule has 0 saturated carbocycles. The molecule has 2 aromatic heterocycles. The summed E-state index contributed by atoms with van der Waals surface area (Å²) >= 11 is 0. The molecule has 3 aromatic rings. The van der Waals surface area contributed by atoms with Crippen LogP contribution in [-0.4, -0.2) is 20.7 Å². The molecule has 5 heteroatoms. The first-order valence-corrected chi connectivity index (χ1v) is 10.0. The van der Waals surface area contributed by atoms with Gasteiger partial charge in [0, 0.05) is 30.5 Å². The summed E-state index contributed by atoms with van der Waals surface area (Å²) < 4.78 is 3.50. The number of aryl methyl sites for hydroxylation is 3. The fraction of sp³-hybridized carbons (Fsp3) is 0.391. The van der Waals surface area contributed by atoms with Gasteiger partial charge in [0.25, 0.3) is 0 Å². The van der Waals surface area contributed by atoms with Crippen LogP contribution in [0.4, 0.5) is 0 Å². The zero-order chi connectivity index (χ0) is 20.3. The van der Waals surface area contributed by atoms with Crippen molar-refractivity contribution < 1.29 is 0 Å². The number of allylic oxidation sites excluding steroid dienone is 1. The summed E-state index contributed by atoms with van der Waals surface area (Å²) in [5.74, 6) is 0. The molecule has 0 radical (unpaired) electrons. The minimum absolute atomic E-state index is 0.0410. The maximum absolute atomic E-state index is 12.9. The minimum Gasteiger partial charge on any atom is -0.387 e. The third-order valence-corrected chi connectivity index (χ3v) is 5.27. The van der Waals surface area contributed by atoms with Crippen molar-refractivity contribution in [2.24, 2.45) is 0 Å². The van der Waals surface area contributed by atoms with Crippen LogP contribution in [0.5, 0.6) is 0 Å². The van der Waals surface area contributed by atoms with E-state index in [-0.39, 0.29) is 5.69 Å². The number of imidazole rings is 1. The van der Waals surface area contributed by atoms with Crippen molar-refractivity contribution in [3.63, 3.8) is 0 Å². The van der Waals surface area contributed by atoms with Crippen LogP contribution >= 0.6 is 0 Å². The maximum atomic E-state index is 12.9. The Kier molecular flexibility index (Phi) is 6.02. The quantitative estimate of drug-likeness (QED) is 0.591. The number of nitrogens with one attached hydrogen (secondary N) is 1. The number of pyridine rings is 1. The van der Waals surface area contributed by atoms with E-state index in [0.29, 0.717) is 18.7 Å². The second-order valence-corrected chi connectivity index (χ2v) is 7.36. The molecule has 28 heavy (non-hydrogen) atoms. The van der Waals surface area contributed by atoms with Gasteiger partial charge in [-0.05, 0) is 49.9 Å². The van der Waals surface area contributed by atoms with E-state index in [0.717, 1.165) is 41.7 Å². The predicted molar refractivity (Wildman–Crippen MR) is 117 cm³/mol. The normalized spacial score (nSPS) is 11.1. The molecule has 2 heterocycles. The molecule has 1 aromatic carbocycles. The molecular weight excluding hydrogens is 348 g/mol. The molecule has 0 atom stereocenters. The molecule has 148 valence electrons. The Labute approximate surface area is 166 Å². The van der Waals surface area contributed by atoms with Gasteiger partial charge in [0.1, 0.15) is 0 Å². The largest absolute Gasteiger partial charge is 0.387 e. The topological polar surface area (TPSA) is 51.9 Å². The van der Waals surface area contributed by atoms with Crippen LogP contribution in [0.15, 0.2) is 47.5 Å². The number of unbranched alkanes of at least 4 members (excludes halogenated alkanes) is 1. The van der Waals surface area contributed by atoms with Gasteiger partial charge in [-0.15, -0.1) is 0 Å². The highest BCUT2D eigenvalue weighted by Gasteiger charge is 2.15. The van der Waals surface area contributed by atoms with E-state index in [2.05, 4.69) is 61.9 Å². The lowest BCUT2D eigenvalue weighted by atomic mass is 10.0. The summed E-state index contributed by atoms with van der Waals surface area (Å²) in [5, 5.41) is 3.31. The summed E-state index contributed by atoms with van der Waals surface area (Å²) in [4.78, 5) is 17.6. The highest BCUT2D eigenvalue weighted by Crippen LogP contribution is 2.24. The van der Waals surface area contributed by atoms with Crippen molar-refractivity contribution in [1.82, 2.24) is 19.4 Å². The van der Waals surface area contributed by atoms with Gasteiger partial charge < -0.3 is 5.32 Å². The Morgan fingerprint density at radius 3 is 2.57 bits per heavy atom. The fourth-order valence-electron chi connectivity index (χ4n) is 3.41. The van der Waals surface area contributed by atoms with Gasteiger partial charge in [-0.2, -0.15) is 0 Å². The summed E-state index contributed by atoms with van der Waals surface area (Å²) in [6.07, 6.45) is 4.07. The van der Waals surface area contributed by atoms with Crippen molar-refractivity contribution >= 4 is 11.2 Å². The maximum Gasteiger partial charge on any atom is 0.330 e. The SMILES string of the molecule is C=C(Cn1c(=O)n(CC)c2cc(-c3ccc(C)c(C)c3)cnc21)NCCCC. The lowest BCUT2D eigenvalue weighted by molar-refractivity contribution is 0.629. The third kappa shape index (κ3) is 3.88. The zero-order valence-corrected chi connectivity index (χ0v) is 17.4. The number of hydrogen-bond donors (Lipinski definition) is 1. The average molecular weight is 379 g/mol. The predicted octanol–water partition coefficient (Wildman–Crippen LogP) is 4.41. The molecular formula is C23H30N4O. The first kappa shape index (κ1) is 19.9. The Bertz CT molecular complexity index is 1060. The van der Waals surface area contributed by atoms with E-state index in [1.807, 2.05) is 13.1 Å². The second kappa shape index (κ2) is 8.46. The van der Waals surface area contributed by atoms with Crippen LogP contribution in [0, 0.1) is 13.8 Å². The number of nitrogens with zero attached hydrogens (tertiary/aromatic N) is 3. The van der Waals surface area contributed by atoms with Crippen LogP contribution < -0.4 is 11.0 Å². The van der Waals surface area contributed by atoms with Gasteiger partial charge in [-0.1, -0.05) is 38.1 Å². The number of fused-ring (bicyclic) bond motifs is 1. The number of aromatic nitrogens is 3. The third-order valence-electron chi connectivity index (χ3n) is 5.27. The van der Waals surface area contributed by atoms with Crippen molar-refractivity contribution in [2.45, 2.75) is 53.6 Å². The fourth-order valence-corrected chi connectivity index (χ4v) is 3.41. The number of hydrogen-bond acceptors (Lipinski definition) is 3. The molecule has 3 rings (SSSR count). The van der Waals surface area contributed by atoms with Crippen LogP contribution in [0.25, 0.3) is 22.3 Å². The number of benzene rings is 1. The van der Waals surface area contributed by atoms with E-state index in [1.165, 1.54) is 11.1 Å². The molecule has 0 spiro atoms. The van der Waals surface area contributed by atoms with Gasteiger partial charge in [-0.25, -0.2) is 9.78 Å². The minimum atomic E-state index is -0.0410. The van der Waals surface area contributed by atoms with Gasteiger partial charge in [0.05, 0.1) is 12.1 Å². The molecule has 0 aliphatic heterocycles. The molecule has 0 aliphatic rings. The van der Waals surface area contributed by atoms with Crippen LogP contribution in [0.1, 0.15) is 37.8 Å². The van der Waals surface area contributed by atoms with Crippen molar-refractivity contribution in [3.05, 3.63) is 64.3 Å². The summed E-state index contributed by atoms with van der Waals surface area (Å²) in [5.41, 5.74) is 7.02. The van der Waals surface area contributed by atoms with Gasteiger partial charge >= 0.3 is 5.69 Å². The Hall–Kier alpha value is -2.82. The van der Waals surface area contributed by atoms with Gasteiger partial charge in [-0.3, -0.25) is 9.13 Å². The molecule has 5 nitrogen and oxygen atoms in total. The Balaban J connectivity index is 2.01. The molecule has 0 aliphatic carbocycles. The van der Waals surface area contributed by atoms with Gasteiger partial charge in [0.15, 0.2) is 5.65 Å². The highest BCUT2D eigenvalue weighted by molar-refractivity contribution is 5.79. The first-order chi connectivity index (χ1) is 13.5. The molecule has 0 amide bonds. The van der Waals surface area contributed by atoms with Crippen molar-refractivity contribution in [2.75, 3.05) is 6.54 Å². The first-order valence-electron chi connectivity index (χ1n) is 10.0. The highest BCUT2D eigenvalue weighted by atomic mass is 16.1. The van der Waals surface area contributed by atoms with E-state index >= 15 is 0 Å². The summed E-state index contributed by atoms with van der Waals surface area (Å²) in [6, 6.07) is 8.47. The Morgan fingerprint density at radius 2 is 1.89 bits per heavy atom. The summed E-state index contributed by atoms with van der Waals surface area (Å²) in [6.45, 7) is 14.4. The van der Waals surface area contributed by atoms with E-state index < -0.39 is 0 Å². The van der Waals surface area contributed by atoms with Crippen LogP contribution in [-0.2, 0) is 13.1 Å².